The fraction of sp³-hybridized carbons (Fsp3) is 0.222. The number of para-hydroxylation sites is 2. The van der Waals surface area contributed by atoms with Crippen LogP contribution in [-0.4, -0.2) is 29.1 Å². The van der Waals surface area contributed by atoms with Crippen molar-refractivity contribution in [1.82, 2.24) is 9.13 Å². The second kappa shape index (κ2) is 6.23. The third kappa shape index (κ3) is 2.56. The number of fused-ring (bicyclic) bond motifs is 1. The molecule has 124 valence electrons. The number of rotatable bonds is 5. The van der Waals surface area contributed by atoms with Gasteiger partial charge in [0.15, 0.2) is 5.78 Å². The summed E-state index contributed by atoms with van der Waals surface area (Å²) in [6, 6.07) is 12.8. The SMILES string of the molecule is COc1ccc(OC)c(C(=O)Cn2c(=N)n(C)c3ccccc32)c1. The highest BCUT2D eigenvalue weighted by atomic mass is 16.5. The Kier molecular flexibility index (Phi) is 4.12. The Balaban J connectivity index is 2.05. The Morgan fingerprint density at radius 1 is 1.08 bits per heavy atom. The zero-order valence-electron chi connectivity index (χ0n) is 13.9. The number of Topliss-reactive ketones (excluding diaryl/α,β-unsaturated/α-hetero) is 1. The Morgan fingerprint density at radius 2 is 1.79 bits per heavy atom. The van der Waals surface area contributed by atoms with E-state index in [9.17, 15) is 4.79 Å². The van der Waals surface area contributed by atoms with Gasteiger partial charge >= 0.3 is 0 Å². The summed E-state index contributed by atoms with van der Waals surface area (Å²) in [5.74, 6) is 0.946. The van der Waals surface area contributed by atoms with Crippen LogP contribution in [-0.2, 0) is 13.6 Å². The van der Waals surface area contributed by atoms with E-state index in [1.807, 2.05) is 31.3 Å². The molecule has 6 heteroatoms. The molecule has 3 rings (SSSR count). The van der Waals surface area contributed by atoms with Crippen LogP contribution in [0.2, 0.25) is 0 Å². The highest BCUT2D eigenvalue weighted by Crippen LogP contribution is 2.25. The molecule has 0 spiro atoms. The maximum Gasteiger partial charge on any atom is 0.203 e. The van der Waals surface area contributed by atoms with Crippen LogP contribution in [0.15, 0.2) is 42.5 Å². The Labute approximate surface area is 139 Å². The van der Waals surface area contributed by atoms with E-state index >= 15 is 0 Å². The van der Waals surface area contributed by atoms with Crippen LogP contribution in [0.4, 0.5) is 0 Å². The fourth-order valence-electron chi connectivity index (χ4n) is 2.81. The third-order valence-electron chi connectivity index (χ3n) is 4.12. The zero-order valence-corrected chi connectivity index (χ0v) is 13.9. The minimum absolute atomic E-state index is 0.0592. The molecule has 0 atom stereocenters. The molecule has 0 saturated heterocycles. The molecule has 0 saturated carbocycles. The minimum Gasteiger partial charge on any atom is -0.497 e. The first-order valence-corrected chi connectivity index (χ1v) is 7.51. The molecule has 0 unspecified atom stereocenters. The van der Waals surface area contributed by atoms with Crippen molar-refractivity contribution in [3.63, 3.8) is 0 Å². The van der Waals surface area contributed by atoms with Crippen molar-refractivity contribution in [3.05, 3.63) is 53.6 Å². The largest absolute Gasteiger partial charge is 0.497 e. The molecule has 6 nitrogen and oxygen atoms in total. The van der Waals surface area contributed by atoms with Gasteiger partial charge in [-0.25, -0.2) is 0 Å². The molecule has 0 radical (unpaired) electrons. The zero-order chi connectivity index (χ0) is 17.3. The van der Waals surface area contributed by atoms with Crippen LogP contribution in [0, 0.1) is 5.41 Å². The number of nitrogens with one attached hydrogen (secondary N) is 1. The van der Waals surface area contributed by atoms with Crippen molar-refractivity contribution in [2.45, 2.75) is 6.54 Å². The molecule has 0 fully saturated rings. The van der Waals surface area contributed by atoms with E-state index in [0.29, 0.717) is 17.1 Å². The number of ether oxygens (including phenoxy) is 2. The summed E-state index contributed by atoms with van der Waals surface area (Å²) < 4.78 is 13.9. The van der Waals surface area contributed by atoms with Crippen LogP contribution >= 0.6 is 0 Å². The van der Waals surface area contributed by atoms with Gasteiger partial charge in [0.25, 0.3) is 0 Å². The summed E-state index contributed by atoms with van der Waals surface area (Å²) >= 11 is 0. The van der Waals surface area contributed by atoms with Crippen LogP contribution in [0.3, 0.4) is 0 Å². The van der Waals surface area contributed by atoms with E-state index < -0.39 is 0 Å². The highest BCUT2D eigenvalue weighted by molar-refractivity contribution is 5.99. The Hall–Kier alpha value is -3.02. The molecule has 0 bridgehead atoms. The normalized spacial score (nSPS) is 10.8. The number of aryl methyl sites for hydroxylation is 1. The van der Waals surface area contributed by atoms with Gasteiger partial charge < -0.3 is 18.6 Å². The first-order valence-electron chi connectivity index (χ1n) is 7.51. The number of hydrogen-bond donors (Lipinski definition) is 1. The van der Waals surface area contributed by atoms with E-state index in [2.05, 4.69) is 0 Å². The van der Waals surface area contributed by atoms with Crippen LogP contribution in [0.1, 0.15) is 10.4 Å². The lowest BCUT2D eigenvalue weighted by Gasteiger charge is -2.10. The number of carbonyl (C=O) groups is 1. The molecular weight excluding hydrogens is 306 g/mol. The van der Waals surface area contributed by atoms with Gasteiger partial charge in [-0.2, -0.15) is 0 Å². The molecule has 3 aromatic rings. The first-order chi connectivity index (χ1) is 11.6. The summed E-state index contributed by atoms with van der Waals surface area (Å²) in [6.45, 7) is 0.0592. The van der Waals surface area contributed by atoms with Crippen molar-refractivity contribution in [2.75, 3.05) is 14.2 Å². The van der Waals surface area contributed by atoms with Gasteiger partial charge in [-0.05, 0) is 30.3 Å². The molecule has 1 heterocycles. The van der Waals surface area contributed by atoms with Crippen LogP contribution in [0.25, 0.3) is 11.0 Å². The van der Waals surface area contributed by atoms with Gasteiger partial charge in [-0.3, -0.25) is 10.2 Å². The smallest absolute Gasteiger partial charge is 0.203 e. The van der Waals surface area contributed by atoms with Gasteiger partial charge in [-0.1, -0.05) is 12.1 Å². The number of methoxy groups -OCH3 is 2. The van der Waals surface area contributed by atoms with Crippen molar-refractivity contribution in [3.8, 4) is 11.5 Å². The van der Waals surface area contributed by atoms with Gasteiger partial charge in [-0.15, -0.1) is 0 Å². The summed E-state index contributed by atoms with van der Waals surface area (Å²) in [5.41, 5.74) is 2.47. The van der Waals surface area contributed by atoms with Crippen molar-refractivity contribution >= 4 is 16.8 Å². The van der Waals surface area contributed by atoms with Gasteiger partial charge in [0, 0.05) is 7.05 Å². The maximum atomic E-state index is 12.8. The van der Waals surface area contributed by atoms with Crippen molar-refractivity contribution in [1.29, 1.82) is 5.41 Å². The number of benzene rings is 2. The Bertz CT molecular complexity index is 969. The van der Waals surface area contributed by atoms with E-state index in [1.54, 1.807) is 34.4 Å². The predicted octanol–water partition coefficient (Wildman–Crippen LogP) is 2.36. The first kappa shape index (κ1) is 15.9. The fourth-order valence-corrected chi connectivity index (χ4v) is 2.81. The number of ketones is 1. The third-order valence-corrected chi connectivity index (χ3v) is 4.12. The van der Waals surface area contributed by atoms with E-state index in [1.165, 1.54) is 7.11 Å². The topological polar surface area (TPSA) is 69.2 Å². The molecule has 24 heavy (non-hydrogen) atoms. The maximum absolute atomic E-state index is 12.8. The van der Waals surface area contributed by atoms with Gasteiger partial charge in [0.1, 0.15) is 11.5 Å². The Morgan fingerprint density at radius 3 is 2.46 bits per heavy atom. The average molecular weight is 325 g/mol. The van der Waals surface area contributed by atoms with E-state index in [-0.39, 0.29) is 17.9 Å². The lowest BCUT2D eigenvalue weighted by Crippen LogP contribution is -2.26. The number of imidazole rings is 1. The monoisotopic (exact) mass is 325 g/mol. The lowest BCUT2D eigenvalue weighted by molar-refractivity contribution is 0.0968. The van der Waals surface area contributed by atoms with Gasteiger partial charge in [0.05, 0.1) is 37.4 Å². The predicted molar refractivity (Wildman–Crippen MR) is 90.6 cm³/mol. The second-order valence-corrected chi connectivity index (χ2v) is 5.45. The van der Waals surface area contributed by atoms with E-state index in [4.69, 9.17) is 14.9 Å². The molecule has 0 aliphatic heterocycles. The number of carbonyl (C=O) groups excluding carboxylic acids is 1. The number of aromatic nitrogens is 2. The second-order valence-electron chi connectivity index (χ2n) is 5.45. The van der Waals surface area contributed by atoms with Crippen molar-refractivity contribution < 1.29 is 14.3 Å². The quantitative estimate of drug-likeness (QED) is 0.732. The molecule has 2 aromatic carbocycles. The standard InChI is InChI=1S/C18H19N3O3/c1-20-14-6-4-5-7-15(14)21(18(20)19)11-16(22)13-10-12(23-2)8-9-17(13)24-3/h4-10,19H,11H2,1-3H3. The lowest BCUT2D eigenvalue weighted by atomic mass is 10.1. The van der Waals surface area contributed by atoms with Crippen LogP contribution in [0.5, 0.6) is 11.5 Å². The summed E-state index contributed by atoms with van der Waals surface area (Å²) in [7, 11) is 4.90. The summed E-state index contributed by atoms with van der Waals surface area (Å²) in [4.78, 5) is 12.8. The van der Waals surface area contributed by atoms with Crippen LogP contribution < -0.4 is 15.1 Å². The van der Waals surface area contributed by atoms with Crippen molar-refractivity contribution in [2.24, 2.45) is 7.05 Å². The molecule has 1 N–H and O–H groups in total. The molecule has 1 aromatic heterocycles. The summed E-state index contributed by atoms with van der Waals surface area (Å²) in [5, 5.41) is 8.27. The molecule has 0 aliphatic rings. The summed E-state index contributed by atoms with van der Waals surface area (Å²) in [6.07, 6.45) is 0. The van der Waals surface area contributed by atoms with E-state index in [0.717, 1.165) is 11.0 Å². The molecular formula is C18H19N3O3. The number of nitrogens with zero attached hydrogens (tertiary/aromatic N) is 2. The number of hydrogen-bond acceptors (Lipinski definition) is 4. The molecule has 0 aliphatic carbocycles. The molecule has 0 amide bonds. The van der Waals surface area contributed by atoms with Gasteiger partial charge in [0.2, 0.25) is 5.62 Å². The average Bonchev–Trinajstić information content (AvgIpc) is 2.86. The minimum atomic E-state index is -0.138. The highest BCUT2D eigenvalue weighted by Gasteiger charge is 2.17.